The van der Waals surface area contributed by atoms with Gasteiger partial charge in [0.25, 0.3) is 5.91 Å². The normalized spacial score (nSPS) is 11.0. The number of carbonyl (C=O) groups excluding carboxylic acids is 1. The van der Waals surface area contributed by atoms with Crippen LogP contribution in [-0.4, -0.2) is 18.1 Å². The van der Waals surface area contributed by atoms with E-state index in [-0.39, 0.29) is 11.3 Å². The molecule has 0 heterocycles. The molecule has 0 radical (unpaired) electrons. The Balaban J connectivity index is 2.01. The smallest absolute Gasteiger partial charge is 0.266 e. The molecule has 2 N–H and O–H groups in total. The van der Waals surface area contributed by atoms with E-state index in [9.17, 15) is 15.2 Å². The van der Waals surface area contributed by atoms with Crippen LogP contribution in [0.3, 0.4) is 0 Å². The summed E-state index contributed by atoms with van der Waals surface area (Å²) in [6, 6.07) is 19.4. The maximum atomic E-state index is 12.5. The van der Waals surface area contributed by atoms with Crippen LogP contribution in [0.2, 0.25) is 0 Å². The van der Waals surface area contributed by atoms with Crippen molar-refractivity contribution in [3.63, 3.8) is 0 Å². The molecular weight excluding hydrogens is 328 g/mol. The second-order valence-corrected chi connectivity index (χ2v) is 5.57. The molecule has 3 rings (SSSR count). The van der Waals surface area contributed by atoms with Gasteiger partial charge >= 0.3 is 0 Å². The van der Waals surface area contributed by atoms with Gasteiger partial charge in [0.2, 0.25) is 0 Å². The van der Waals surface area contributed by atoms with Crippen LogP contribution in [0.1, 0.15) is 5.56 Å². The number of hydrogen-bond donors (Lipinski definition) is 2. The highest BCUT2D eigenvalue weighted by Crippen LogP contribution is 2.30. The summed E-state index contributed by atoms with van der Waals surface area (Å²) in [5, 5.41) is 23.3. The summed E-state index contributed by atoms with van der Waals surface area (Å²) in [4.78, 5) is 12.5. The van der Waals surface area contributed by atoms with Gasteiger partial charge in [-0.05, 0) is 47.2 Å². The number of ether oxygens (including phenoxy) is 1. The second kappa shape index (κ2) is 7.41. The number of fused-ring (bicyclic) bond motifs is 1. The third-order valence-electron chi connectivity index (χ3n) is 3.93. The summed E-state index contributed by atoms with van der Waals surface area (Å²) in [5.41, 5.74) is 1.11. The lowest BCUT2D eigenvalue weighted by Gasteiger charge is -2.10. The van der Waals surface area contributed by atoms with E-state index in [1.807, 2.05) is 36.4 Å². The van der Waals surface area contributed by atoms with E-state index in [2.05, 4.69) is 5.32 Å². The monoisotopic (exact) mass is 344 g/mol. The maximum absolute atomic E-state index is 12.5. The molecule has 1 amide bonds. The highest BCUT2D eigenvalue weighted by atomic mass is 16.5. The van der Waals surface area contributed by atoms with Crippen molar-refractivity contribution >= 4 is 28.4 Å². The number of rotatable bonds is 4. The van der Waals surface area contributed by atoms with Crippen LogP contribution >= 0.6 is 0 Å². The molecular formula is C21H16N2O3. The average Bonchev–Trinajstić information content (AvgIpc) is 2.67. The summed E-state index contributed by atoms with van der Waals surface area (Å²) in [6.45, 7) is 0. The van der Waals surface area contributed by atoms with Crippen molar-refractivity contribution in [1.29, 1.82) is 5.26 Å². The molecule has 0 fully saturated rings. The van der Waals surface area contributed by atoms with Crippen molar-refractivity contribution in [3.05, 3.63) is 71.8 Å². The molecule has 0 saturated heterocycles. The fraction of sp³-hybridized carbons (Fsp3) is 0.0476. The number of anilines is 1. The van der Waals surface area contributed by atoms with Gasteiger partial charge < -0.3 is 15.2 Å². The standard InChI is InChI=1S/C21H16N2O3/c1-26-20-11-6-14-4-2-3-5-18(14)19(20)12-15(13-22)21(25)23-16-7-9-17(24)10-8-16/h2-12,24H,1H3,(H,23,25). The number of phenols is 1. The van der Waals surface area contributed by atoms with Gasteiger partial charge in [0.05, 0.1) is 7.11 Å². The summed E-state index contributed by atoms with van der Waals surface area (Å²) in [7, 11) is 1.55. The first-order valence-electron chi connectivity index (χ1n) is 7.90. The zero-order valence-corrected chi connectivity index (χ0v) is 14.1. The van der Waals surface area contributed by atoms with Crippen LogP contribution < -0.4 is 10.1 Å². The molecule has 5 nitrogen and oxygen atoms in total. The highest BCUT2D eigenvalue weighted by molar-refractivity contribution is 6.11. The van der Waals surface area contributed by atoms with Crippen molar-refractivity contribution in [3.8, 4) is 17.6 Å². The van der Waals surface area contributed by atoms with Crippen LogP contribution in [0.25, 0.3) is 16.8 Å². The van der Waals surface area contributed by atoms with Crippen molar-refractivity contribution in [1.82, 2.24) is 0 Å². The summed E-state index contributed by atoms with van der Waals surface area (Å²) >= 11 is 0. The molecule has 0 aliphatic carbocycles. The van der Waals surface area contributed by atoms with Crippen LogP contribution in [0.15, 0.2) is 66.2 Å². The Kier molecular flexibility index (Phi) is 4.86. The Hall–Kier alpha value is -3.78. The van der Waals surface area contributed by atoms with E-state index >= 15 is 0 Å². The van der Waals surface area contributed by atoms with E-state index in [4.69, 9.17) is 4.74 Å². The van der Waals surface area contributed by atoms with Crippen molar-refractivity contribution < 1.29 is 14.6 Å². The van der Waals surface area contributed by atoms with Gasteiger partial charge in [0, 0.05) is 11.3 Å². The first-order chi connectivity index (χ1) is 12.6. The number of benzene rings is 3. The largest absolute Gasteiger partial charge is 0.508 e. The van der Waals surface area contributed by atoms with Gasteiger partial charge in [-0.25, -0.2) is 0 Å². The maximum Gasteiger partial charge on any atom is 0.266 e. The summed E-state index contributed by atoms with van der Waals surface area (Å²) in [6.07, 6.45) is 1.52. The molecule has 0 saturated carbocycles. The number of phenolic OH excluding ortho intramolecular Hbond substituents is 1. The predicted octanol–water partition coefficient (Wildman–Crippen LogP) is 4.10. The number of aromatic hydroxyl groups is 1. The minimum Gasteiger partial charge on any atom is -0.508 e. The number of carbonyl (C=O) groups is 1. The highest BCUT2D eigenvalue weighted by Gasteiger charge is 2.13. The van der Waals surface area contributed by atoms with Gasteiger partial charge in [-0.15, -0.1) is 0 Å². The number of hydrogen-bond acceptors (Lipinski definition) is 4. The molecule has 128 valence electrons. The molecule has 0 bridgehead atoms. The van der Waals surface area contributed by atoms with Crippen molar-refractivity contribution in [2.24, 2.45) is 0 Å². The Labute approximate surface area is 150 Å². The number of nitrogens with one attached hydrogen (secondary N) is 1. The zero-order valence-electron chi connectivity index (χ0n) is 14.1. The van der Waals surface area contributed by atoms with Gasteiger partial charge in [0.1, 0.15) is 23.1 Å². The molecule has 0 atom stereocenters. The molecule has 0 aromatic heterocycles. The van der Waals surface area contributed by atoms with Gasteiger partial charge in [-0.1, -0.05) is 30.3 Å². The summed E-state index contributed by atoms with van der Waals surface area (Å²) in [5.74, 6) is 0.140. The SMILES string of the molecule is COc1ccc2ccccc2c1C=C(C#N)C(=O)Nc1ccc(O)cc1. The quantitative estimate of drug-likeness (QED) is 0.424. The topological polar surface area (TPSA) is 82.3 Å². The van der Waals surface area contributed by atoms with Crippen LogP contribution in [0.5, 0.6) is 11.5 Å². The molecule has 0 unspecified atom stereocenters. The predicted molar refractivity (Wildman–Crippen MR) is 101 cm³/mol. The molecule has 26 heavy (non-hydrogen) atoms. The third-order valence-corrected chi connectivity index (χ3v) is 3.93. The van der Waals surface area contributed by atoms with Crippen molar-refractivity contribution in [2.75, 3.05) is 12.4 Å². The van der Waals surface area contributed by atoms with Crippen molar-refractivity contribution in [2.45, 2.75) is 0 Å². The van der Waals surface area contributed by atoms with Gasteiger partial charge in [0.15, 0.2) is 0 Å². The first-order valence-corrected chi connectivity index (χ1v) is 7.90. The number of nitrogens with zero attached hydrogens (tertiary/aromatic N) is 1. The Morgan fingerprint density at radius 3 is 2.54 bits per heavy atom. The first kappa shape index (κ1) is 17.1. The fourth-order valence-corrected chi connectivity index (χ4v) is 2.64. The average molecular weight is 344 g/mol. The molecule has 0 aliphatic heterocycles. The molecule has 5 heteroatoms. The number of nitriles is 1. The van der Waals surface area contributed by atoms with E-state index in [0.29, 0.717) is 17.0 Å². The molecule has 3 aromatic rings. The van der Waals surface area contributed by atoms with E-state index in [1.54, 1.807) is 25.3 Å². The van der Waals surface area contributed by atoms with E-state index < -0.39 is 5.91 Å². The second-order valence-electron chi connectivity index (χ2n) is 5.57. The number of amides is 1. The fourth-order valence-electron chi connectivity index (χ4n) is 2.64. The lowest BCUT2D eigenvalue weighted by molar-refractivity contribution is -0.112. The van der Waals surface area contributed by atoms with Crippen LogP contribution in [0.4, 0.5) is 5.69 Å². The van der Waals surface area contributed by atoms with Crippen LogP contribution in [-0.2, 0) is 4.79 Å². The van der Waals surface area contributed by atoms with Gasteiger partial charge in [-0.3, -0.25) is 4.79 Å². The minimum atomic E-state index is -0.534. The zero-order chi connectivity index (χ0) is 18.5. The minimum absolute atomic E-state index is 0.0484. The summed E-state index contributed by atoms with van der Waals surface area (Å²) < 4.78 is 5.40. The van der Waals surface area contributed by atoms with Crippen LogP contribution in [0, 0.1) is 11.3 Å². The Bertz CT molecular complexity index is 1030. The van der Waals surface area contributed by atoms with Gasteiger partial charge in [-0.2, -0.15) is 5.26 Å². The number of methoxy groups -OCH3 is 1. The van der Waals surface area contributed by atoms with E-state index in [1.165, 1.54) is 18.2 Å². The van der Waals surface area contributed by atoms with E-state index in [0.717, 1.165) is 10.8 Å². The molecule has 3 aromatic carbocycles. The molecule has 0 spiro atoms. The lowest BCUT2D eigenvalue weighted by Crippen LogP contribution is -2.13. The lowest BCUT2D eigenvalue weighted by atomic mass is 10.0. The molecule has 0 aliphatic rings. The Morgan fingerprint density at radius 2 is 1.85 bits per heavy atom. The third kappa shape index (κ3) is 3.50. The Morgan fingerprint density at radius 1 is 1.12 bits per heavy atom.